The third kappa shape index (κ3) is 3.79. The highest BCUT2D eigenvalue weighted by molar-refractivity contribution is 5.84. The van der Waals surface area contributed by atoms with Gasteiger partial charge in [-0.1, -0.05) is 12.1 Å². The van der Waals surface area contributed by atoms with E-state index in [1.165, 1.54) is 49.9 Å². The average Bonchev–Trinajstić information content (AvgIpc) is 3.11. The van der Waals surface area contributed by atoms with Crippen LogP contribution in [0.4, 0.5) is 5.69 Å². The minimum absolute atomic E-state index is 0.458. The van der Waals surface area contributed by atoms with Crippen LogP contribution in [-0.2, 0) is 5.41 Å². The number of hydrogen-bond donors (Lipinski definition) is 0. The van der Waals surface area contributed by atoms with E-state index in [-0.39, 0.29) is 0 Å². The Morgan fingerprint density at radius 2 is 1.53 bits per heavy atom. The Morgan fingerprint density at radius 1 is 0.912 bits per heavy atom. The van der Waals surface area contributed by atoms with Crippen LogP contribution in [0.1, 0.15) is 68.0 Å². The summed E-state index contributed by atoms with van der Waals surface area (Å²) in [5.41, 5.74) is 7.80. The molecular weight excluding hydrogens is 416 g/mol. The van der Waals surface area contributed by atoms with Crippen molar-refractivity contribution in [2.45, 2.75) is 64.7 Å². The molecule has 2 aromatic carbocycles. The maximum atomic E-state index is 5.60. The molecule has 4 bridgehead atoms. The summed E-state index contributed by atoms with van der Waals surface area (Å²) in [4.78, 5) is 4.85. The Balaban J connectivity index is 1.21. The van der Waals surface area contributed by atoms with Gasteiger partial charge in [0.2, 0.25) is 0 Å². The van der Waals surface area contributed by atoms with Gasteiger partial charge in [0.25, 0.3) is 0 Å². The molecule has 4 aliphatic carbocycles. The molecular formula is C31H36N2O. The van der Waals surface area contributed by atoms with Crippen molar-refractivity contribution in [1.82, 2.24) is 4.57 Å². The molecule has 0 aliphatic heterocycles. The monoisotopic (exact) mass is 452 g/mol. The van der Waals surface area contributed by atoms with Crippen LogP contribution >= 0.6 is 0 Å². The summed E-state index contributed by atoms with van der Waals surface area (Å²) in [6.07, 6.45) is 10.8. The number of benzene rings is 2. The van der Waals surface area contributed by atoms with Crippen molar-refractivity contribution < 1.29 is 4.74 Å². The molecule has 34 heavy (non-hydrogen) atoms. The first-order valence-electron chi connectivity index (χ1n) is 13.1. The zero-order chi connectivity index (χ0) is 23.3. The van der Waals surface area contributed by atoms with Gasteiger partial charge in [0.1, 0.15) is 5.75 Å². The number of rotatable bonds is 6. The van der Waals surface area contributed by atoms with Crippen molar-refractivity contribution in [2.24, 2.45) is 22.7 Å². The number of aryl methyl sites for hydroxylation is 1. The van der Waals surface area contributed by atoms with Crippen LogP contribution in [0, 0.1) is 31.6 Å². The first kappa shape index (κ1) is 21.7. The summed E-state index contributed by atoms with van der Waals surface area (Å²) in [7, 11) is 0. The highest BCUT2D eigenvalue weighted by Gasteiger charge is 2.51. The quantitative estimate of drug-likeness (QED) is 0.352. The van der Waals surface area contributed by atoms with Gasteiger partial charge in [0.05, 0.1) is 12.3 Å². The highest BCUT2D eigenvalue weighted by Crippen LogP contribution is 2.60. The minimum Gasteiger partial charge on any atom is -0.494 e. The van der Waals surface area contributed by atoms with Crippen molar-refractivity contribution in [3.05, 3.63) is 77.1 Å². The van der Waals surface area contributed by atoms with Gasteiger partial charge in [-0.05, 0) is 130 Å². The number of ether oxygens (including phenoxy) is 1. The lowest BCUT2D eigenvalue weighted by Gasteiger charge is -2.57. The average molecular weight is 453 g/mol. The standard InChI is InChI=1S/C31H36N2O/c1-4-34-30-11-9-29(10-12-30)33-21(2)13-26(22(33)3)20-32-28-7-5-27(6-8-28)31-17-23-14-24(18-31)16-25(15-23)19-31/h5-13,20,23-25H,4,14-19H2,1-3H3. The van der Waals surface area contributed by atoms with E-state index in [1.54, 1.807) is 5.56 Å². The van der Waals surface area contributed by atoms with Crippen LogP contribution in [0.2, 0.25) is 0 Å². The summed E-state index contributed by atoms with van der Waals surface area (Å²) in [6.45, 7) is 7.02. The Hall–Kier alpha value is -2.81. The van der Waals surface area contributed by atoms with E-state index in [0.29, 0.717) is 12.0 Å². The van der Waals surface area contributed by atoms with Gasteiger partial charge >= 0.3 is 0 Å². The van der Waals surface area contributed by atoms with E-state index in [4.69, 9.17) is 9.73 Å². The van der Waals surface area contributed by atoms with Crippen LogP contribution in [0.5, 0.6) is 5.75 Å². The fourth-order valence-corrected chi connectivity index (χ4v) is 7.68. The van der Waals surface area contributed by atoms with Crippen LogP contribution in [0.3, 0.4) is 0 Å². The molecule has 7 rings (SSSR count). The third-order valence-corrected chi connectivity index (χ3v) is 8.75. The van der Waals surface area contributed by atoms with Gasteiger partial charge in [-0.15, -0.1) is 0 Å². The summed E-state index contributed by atoms with van der Waals surface area (Å²) in [5.74, 6) is 3.85. The number of aromatic nitrogens is 1. The molecule has 176 valence electrons. The summed E-state index contributed by atoms with van der Waals surface area (Å²) < 4.78 is 7.88. The van der Waals surface area contributed by atoms with Crippen LogP contribution in [0.15, 0.2) is 59.6 Å². The maximum Gasteiger partial charge on any atom is 0.119 e. The third-order valence-electron chi connectivity index (χ3n) is 8.75. The Kier molecular flexibility index (Phi) is 5.39. The first-order chi connectivity index (χ1) is 16.5. The zero-order valence-corrected chi connectivity index (χ0v) is 20.8. The molecule has 4 saturated carbocycles. The maximum absolute atomic E-state index is 5.60. The molecule has 3 aromatic rings. The Labute approximate surface area is 203 Å². The Morgan fingerprint density at radius 3 is 2.12 bits per heavy atom. The molecule has 4 aliphatic rings. The fraction of sp³-hybridized carbons (Fsp3) is 0.452. The van der Waals surface area contributed by atoms with Gasteiger partial charge < -0.3 is 9.30 Å². The van der Waals surface area contributed by atoms with E-state index in [2.05, 4.69) is 60.9 Å². The van der Waals surface area contributed by atoms with Crippen molar-refractivity contribution in [3.8, 4) is 11.4 Å². The summed E-state index contributed by atoms with van der Waals surface area (Å²) in [5, 5.41) is 0. The zero-order valence-electron chi connectivity index (χ0n) is 20.8. The lowest BCUT2D eigenvalue weighted by atomic mass is 9.48. The highest BCUT2D eigenvalue weighted by atomic mass is 16.5. The van der Waals surface area contributed by atoms with E-state index in [0.717, 1.165) is 40.4 Å². The molecule has 0 amide bonds. The number of aliphatic imine (C=N–C) groups is 1. The minimum atomic E-state index is 0.458. The van der Waals surface area contributed by atoms with Gasteiger partial charge in [-0.2, -0.15) is 0 Å². The van der Waals surface area contributed by atoms with Crippen LogP contribution < -0.4 is 4.74 Å². The smallest absolute Gasteiger partial charge is 0.119 e. The molecule has 3 heteroatoms. The normalized spacial score (nSPS) is 27.6. The SMILES string of the molecule is CCOc1ccc(-n2c(C)cc(C=Nc3ccc(C45CC6CC(CC(C6)C4)C5)cc3)c2C)cc1. The summed E-state index contributed by atoms with van der Waals surface area (Å²) >= 11 is 0. The second-order valence-corrected chi connectivity index (χ2v) is 11.1. The topological polar surface area (TPSA) is 26.5 Å². The molecule has 0 saturated heterocycles. The Bertz CT molecular complexity index is 1160. The predicted molar refractivity (Wildman–Crippen MR) is 140 cm³/mol. The fourth-order valence-electron chi connectivity index (χ4n) is 7.68. The second-order valence-electron chi connectivity index (χ2n) is 11.1. The molecule has 4 fully saturated rings. The van der Waals surface area contributed by atoms with Gasteiger partial charge in [0.15, 0.2) is 0 Å². The van der Waals surface area contributed by atoms with Crippen molar-refractivity contribution in [3.63, 3.8) is 0 Å². The predicted octanol–water partition coefficient (Wildman–Crippen LogP) is 7.71. The van der Waals surface area contributed by atoms with Gasteiger partial charge in [0, 0.05) is 28.9 Å². The molecule has 0 unspecified atom stereocenters. The molecule has 0 N–H and O–H groups in total. The molecule has 1 aromatic heterocycles. The molecule has 1 heterocycles. The molecule has 3 nitrogen and oxygen atoms in total. The van der Waals surface area contributed by atoms with Crippen molar-refractivity contribution in [2.75, 3.05) is 6.61 Å². The lowest BCUT2D eigenvalue weighted by Crippen LogP contribution is -2.48. The van der Waals surface area contributed by atoms with Crippen LogP contribution in [0.25, 0.3) is 5.69 Å². The molecule has 0 atom stereocenters. The van der Waals surface area contributed by atoms with Gasteiger partial charge in [-0.3, -0.25) is 4.99 Å². The van der Waals surface area contributed by atoms with Crippen molar-refractivity contribution in [1.29, 1.82) is 0 Å². The largest absolute Gasteiger partial charge is 0.494 e. The van der Waals surface area contributed by atoms with E-state index < -0.39 is 0 Å². The number of hydrogen-bond acceptors (Lipinski definition) is 2. The number of nitrogens with zero attached hydrogens (tertiary/aromatic N) is 2. The van der Waals surface area contributed by atoms with Crippen molar-refractivity contribution >= 4 is 11.9 Å². The van der Waals surface area contributed by atoms with E-state index in [1.807, 2.05) is 25.3 Å². The molecule has 0 radical (unpaired) electrons. The summed E-state index contributed by atoms with van der Waals surface area (Å²) in [6, 6.07) is 19.8. The van der Waals surface area contributed by atoms with Crippen LogP contribution in [-0.4, -0.2) is 17.4 Å². The second kappa shape index (κ2) is 8.45. The van der Waals surface area contributed by atoms with E-state index >= 15 is 0 Å². The molecule has 0 spiro atoms. The van der Waals surface area contributed by atoms with E-state index in [9.17, 15) is 0 Å². The first-order valence-corrected chi connectivity index (χ1v) is 13.1. The lowest BCUT2D eigenvalue weighted by molar-refractivity contribution is -0.00518. The van der Waals surface area contributed by atoms with Gasteiger partial charge in [-0.25, -0.2) is 0 Å².